The Hall–Kier alpha value is -3.15. The minimum atomic E-state index is -0.404. The van der Waals surface area contributed by atoms with Crippen molar-refractivity contribution in [3.8, 4) is 11.6 Å². The van der Waals surface area contributed by atoms with Gasteiger partial charge in [-0.2, -0.15) is 0 Å². The number of rotatable bonds is 4. The van der Waals surface area contributed by atoms with Crippen molar-refractivity contribution in [3.63, 3.8) is 0 Å². The molecule has 1 amide bonds. The summed E-state index contributed by atoms with van der Waals surface area (Å²) in [4.78, 5) is 21.7. The summed E-state index contributed by atoms with van der Waals surface area (Å²) < 4.78 is 10.6. The first-order chi connectivity index (χ1) is 12.4. The number of methoxy groups -OCH3 is 2. The number of nitrogens with one attached hydrogen (secondary N) is 1. The number of hydrogen-bond donors (Lipinski definition) is 1. The predicted molar refractivity (Wildman–Crippen MR) is 101 cm³/mol. The zero-order chi connectivity index (χ0) is 18.8. The molecule has 0 bridgehead atoms. The van der Waals surface area contributed by atoms with Gasteiger partial charge in [-0.05, 0) is 61.7 Å². The molecule has 2 aromatic carbocycles. The Kier molecular flexibility index (Phi) is 4.75. The third-order valence-corrected chi connectivity index (χ3v) is 4.26. The molecule has 0 fully saturated rings. The van der Waals surface area contributed by atoms with Crippen molar-refractivity contribution < 1.29 is 14.3 Å². The Bertz CT molecular complexity index is 999. The number of carbonyl (C=O) groups excluding carboxylic acids is 1. The molecule has 1 N–H and O–H groups in total. The zero-order valence-electron chi connectivity index (χ0n) is 15.5. The molecular formula is C20H21N3O3. The summed E-state index contributed by atoms with van der Waals surface area (Å²) in [5, 5.41) is 2.84. The summed E-state index contributed by atoms with van der Waals surface area (Å²) in [7, 11) is 3.03. The van der Waals surface area contributed by atoms with Gasteiger partial charge in [0.05, 0.1) is 30.9 Å². The van der Waals surface area contributed by atoms with Gasteiger partial charge in [-0.1, -0.05) is 6.07 Å². The van der Waals surface area contributed by atoms with Crippen LogP contribution in [-0.2, 0) is 0 Å². The van der Waals surface area contributed by atoms with Crippen LogP contribution in [0.25, 0.3) is 11.0 Å². The third kappa shape index (κ3) is 3.31. The normalized spacial score (nSPS) is 10.7. The van der Waals surface area contributed by atoms with Crippen molar-refractivity contribution in [2.24, 2.45) is 0 Å². The standard InChI is InChI=1S/C20H21N3O3/c1-11-6-7-17(25-4)16(8-11)22-19(24)18-20(26-5)23-15-10-13(3)12(2)9-14(15)21-18/h6-10H,1-5H3,(H,22,24). The Morgan fingerprint density at radius 2 is 1.58 bits per heavy atom. The fraction of sp³-hybridized carbons (Fsp3) is 0.250. The number of hydrogen-bond acceptors (Lipinski definition) is 5. The maximum Gasteiger partial charge on any atom is 0.280 e. The summed E-state index contributed by atoms with van der Waals surface area (Å²) >= 11 is 0. The average Bonchev–Trinajstić information content (AvgIpc) is 2.62. The monoisotopic (exact) mass is 351 g/mol. The van der Waals surface area contributed by atoms with E-state index in [1.807, 2.05) is 45.0 Å². The molecule has 3 rings (SSSR count). The van der Waals surface area contributed by atoms with Gasteiger partial charge in [-0.25, -0.2) is 9.97 Å². The van der Waals surface area contributed by atoms with E-state index in [0.717, 1.165) is 16.7 Å². The highest BCUT2D eigenvalue weighted by atomic mass is 16.5. The van der Waals surface area contributed by atoms with Crippen molar-refractivity contribution in [2.75, 3.05) is 19.5 Å². The summed E-state index contributed by atoms with van der Waals surface area (Å²) in [5.41, 5.74) is 5.24. The minimum absolute atomic E-state index is 0.131. The van der Waals surface area contributed by atoms with E-state index in [1.54, 1.807) is 13.2 Å². The van der Waals surface area contributed by atoms with Crippen LogP contribution in [0, 0.1) is 20.8 Å². The van der Waals surface area contributed by atoms with E-state index >= 15 is 0 Å². The number of aryl methyl sites for hydroxylation is 3. The molecule has 6 heteroatoms. The second-order valence-electron chi connectivity index (χ2n) is 6.16. The molecule has 6 nitrogen and oxygen atoms in total. The summed E-state index contributed by atoms with van der Waals surface area (Å²) in [6.07, 6.45) is 0. The van der Waals surface area contributed by atoms with E-state index in [2.05, 4.69) is 15.3 Å². The first-order valence-corrected chi connectivity index (χ1v) is 8.22. The first kappa shape index (κ1) is 17.7. The number of fused-ring (bicyclic) bond motifs is 1. The van der Waals surface area contributed by atoms with Gasteiger partial charge in [0.1, 0.15) is 5.75 Å². The lowest BCUT2D eigenvalue weighted by molar-refractivity contribution is 0.101. The first-order valence-electron chi connectivity index (χ1n) is 8.22. The molecule has 1 aromatic heterocycles. The van der Waals surface area contributed by atoms with E-state index in [-0.39, 0.29) is 11.6 Å². The second-order valence-corrected chi connectivity index (χ2v) is 6.16. The van der Waals surface area contributed by atoms with Crippen LogP contribution in [0.15, 0.2) is 30.3 Å². The van der Waals surface area contributed by atoms with Crippen LogP contribution in [-0.4, -0.2) is 30.1 Å². The van der Waals surface area contributed by atoms with Crippen molar-refractivity contribution in [3.05, 3.63) is 52.7 Å². The molecule has 134 valence electrons. The maximum atomic E-state index is 12.8. The van der Waals surface area contributed by atoms with E-state index in [0.29, 0.717) is 22.5 Å². The molecule has 26 heavy (non-hydrogen) atoms. The smallest absolute Gasteiger partial charge is 0.280 e. The maximum absolute atomic E-state index is 12.8. The molecule has 0 spiro atoms. The summed E-state index contributed by atoms with van der Waals surface area (Å²) in [6, 6.07) is 9.41. The molecule has 0 atom stereocenters. The van der Waals surface area contributed by atoms with Crippen molar-refractivity contribution in [1.29, 1.82) is 0 Å². The number of carbonyl (C=O) groups is 1. The molecular weight excluding hydrogens is 330 g/mol. The fourth-order valence-electron chi connectivity index (χ4n) is 2.69. The van der Waals surface area contributed by atoms with Gasteiger partial charge in [0.15, 0.2) is 5.69 Å². The van der Waals surface area contributed by atoms with Gasteiger partial charge in [0.25, 0.3) is 5.91 Å². The zero-order valence-corrected chi connectivity index (χ0v) is 15.5. The number of amides is 1. The lowest BCUT2D eigenvalue weighted by atomic mass is 10.1. The Balaban J connectivity index is 2.05. The van der Waals surface area contributed by atoms with Gasteiger partial charge < -0.3 is 14.8 Å². The number of benzene rings is 2. The van der Waals surface area contributed by atoms with Gasteiger partial charge in [0.2, 0.25) is 5.88 Å². The number of nitrogens with zero attached hydrogens (tertiary/aromatic N) is 2. The minimum Gasteiger partial charge on any atom is -0.495 e. The number of ether oxygens (including phenoxy) is 2. The molecule has 0 aliphatic rings. The molecule has 0 unspecified atom stereocenters. The van der Waals surface area contributed by atoms with Crippen LogP contribution >= 0.6 is 0 Å². The molecule has 0 saturated heterocycles. The van der Waals surface area contributed by atoms with Crippen molar-refractivity contribution >= 4 is 22.6 Å². The highest BCUT2D eigenvalue weighted by Crippen LogP contribution is 2.27. The Morgan fingerprint density at radius 1 is 0.923 bits per heavy atom. The van der Waals surface area contributed by atoms with E-state index in [4.69, 9.17) is 9.47 Å². The second kappa shape index (κ2) is 7.00. The average molecular weight is 351 g/mol. The molecule has 0 aliphatic carbocycles. The van der Waals surface area contributed by atoms with E-state index < -0.39 is 5.91 Å². The highest BCUT2D eigenvalue weighted by Gasteiger charge is 2.19. The van der Waals surface area contributed by atoms with Gasteiger partial charge in [0, 0.05) is 0 Å². The highest BCUT2D eigenvalue weighted by molar-refractivity contribution is 6.06. The van der Waals surface area contributed by atoms with Gasteiger partial charge in [-0.3, -0.25) is 4.79 Å². The lowest BCUT2D eigenvalue weighted by Gasteiger charge is -2.13. The predicted octanol–water partition coefficient (Wildman–Crippen LogP) is 3.82. The largest absolute Gasteiger partial charge is 0.495 e. The fourth-order valence-corrected chi connectivity index (χ4v) is 2.69. The number of anilines is 1. The summed E-state index contributed by atoms with van der Waals surface area (Å²) in [6.45, 7) is 5.95. The van der Waals surface area contributed by atoms with E-state index in [9.17, 15) is 4.79 Å². The molecule has 1 heterocycles. The van der Waals surface area contributed by atoms with Crippen molar-refractivity contribution in [1.82, 2.24) is 9.97 Å². The quantitative estimate of drug-likeness (QED) is 0.773. The summed E-state index contributed by atoms with van der Waals surface area (Å²) in [5.74, 6) is 0.353. The van der Waals surface area contributed by atoms with Crippen LogP contribution in [0.5, 0.6) is 11.6 Å². The molecule has 0 aliphatic heterocycles. The molecule has 0 radical (unpaired) electrons. The van der Waals surface area contributed by atoms with Crippen LogP contribution < -0.4 is 14.8 Å². The van der Waals surface area contributed by atoms with Crippen LogP contribution in [0.2, 0.25) is 0 Å². The Labute approximate surface area is 152 Å². The third-order valence-electron chi connectivity index (χ3n) is 4.26. The van der Waals surface area contributed by atoms with Crippen LogP contribution in [0.4, 0.5) is 5.69 Å². The van der Waals surface area contributed by atoms with Crippen LogP contribution in [0.1, 0.15) is 27.2 Å². The topological polar surface area (TPSA) is 73.3 Å². The van der Waals surface area contributed by atoms with Crippen LogP contribution in [0.3, 0.4) is 0 Å². The van der Waals surface area contributed by atoms with Crippen molar-refractivity contribution in [2.45, 2.75) is 20.8 Å². The lowest BCUT2D eigenvalue weighted by Crippen LogP contribution is -2.16. The van der Waals surface area contributed by atoms with Gasteiger partial charge >= 0.3 is 0 Å². The number of aromatic nitrogens is 2. The molecule has 3 aromatic rings. The van der Waals surface area contributed by atoms with E-state index in [1.165, 1.54) is 7.11 Å². The SMILES string of the molecule is COc1ccc(C)cc1NC(=O)c1nc2cc(C)c(C)cc2nc1OC. The Morgan fingerprint density at radius 3 is 2.19 bits per heavy atom. The molecule has 0 saturated carbocycles. The van der Waals surface area contributed by atoms with Gasteiger partial charge in [-0.15, -0.1) is 0 Å².